The summed E-state index contributed by atoms with van der Waals surface area (Å²) in [5.41, 5.74) is 2.01. The van der Waals surface area contributed by atoms with Gasteiger partial charge in [0, 0.05) is 23.0 Å². The Hall–Kier alpha value is -2.73. The second-order valence-corrected chi connectivity index (χ2v) is 5.05. The van der Waals surface area contributed by atoms with Crippen molar-refractivity contribution in [2.45, 2.75) is 6.54 Å². The Morgan fingerprint density at radius 2 is 1.82 bits per heavy atom. The fraction of sp³-hybridized carbons (Fsp3) is 0.0667. The molecule has 0 unspecified atom stereocenters. The molecule has 22 heavy (non-hydrogen) atoms. The fourth-order valence-corrected chi connectivity index (χ4v) is 2.25. The number of benzene rings is 1. The van der Waals surface area contributed by atoms with Gasteiger partial charge in [0.2, 0.25) is 0 Å². The van der Waals surface area contributed by atoms with Crippen LogP contribution in [0.25, 0.3) is 11.3 Å². The number of hydrogen-bond acceptors (Lipinski definition) is 4. The van der Waals surface area contributed by atoms with Crippen molar-refractivity contribution in [3.05, 3.63) is 65.1 Å². The van der Waals surface area contributed by atoms with Crippen LogP contribution in [0.1, 0.15) is 16.1 Å². The first-order valence-electron chi connectivity index (χ1n) is 6.47. The molecule has 0 aliphatic heterocycles. The number of halogens is 1. The highest BCUT2D eigenvalue weighted by molar-refractivity contribution is 6.30. The van der Waals surface area contributed by atoms with Gasteiger partial charge in [-0.15, -0.1) is 5.10 Å². The highest BCUT2D eigenvalue weighted by Crippen LogP contribution is 2.22. The first-order chi connectivity index (χ1) is 10.6. The standard InChI is InChI=1S/C15H11ClN4O2/c16-12-3-1-10(2-4-12)9-20-14(11-5-7-17-8-6-11)13(15(21)22)18-19-20/h1-8H,9H2,(H,21,22). The van der Waals surface area contributed by atoms with Crippen LogP contribution >= 0.6 is 11.6 Å². The average molecular weight is 315 g/mol. The van der Waals surface area contributed by atoms with Gasteiger partial charge in [-0.05, 0) is 29.8 Å². The Morgan fingerprint density at radius 3 is 2.45 bits per heavy atom. The van der Waals surface area contributed by atoms with E-state index in [1.54, 1.807) is 41.3 Å². The lowest BCUT2D eigenvalue weighted by Gasteiger charge is -2.07. The second kappa shape index (κ2) is 5.95. The van der Waals surface area contributed by atoms with E-state index in [4.69, 9.17) is 11.6 Å². The molecule has 2 heterocycles. The Bertz CT molecular complexity index is 800. The zero-order valence-electron chi connectivity index (χ0n) is 11.3. The summed E-state index contributed by atoms with van der Waals surface area (Å²) < 4.78 is 1.56. The van der Waals surface area contributed by atoms with Crippen LogP contribution in [0.2, 0.25) is 5.02 Å². The van der Waals surface area contributed by atoms with E-state index in [-0.39, 0.29) is 5.69 Å². The molecule has 0 aliphatic rings. The second-order valence-electron chi connectivity index (χ2n) is 4.61. The van der Waals surface area contributed by atoms with Crippen molar-refractivity contribution in [3.8, 4) is 11.3 Å². The maximum Gasteiger partial charge on any atom is 0.358 e. The molecule has 110 valence electrons. The van der Waals surface area contributed by atoms with Gasteiger partial charge in [-0.1, -0.05) is 28.9 Å². The van der Waals surface area contributed by atoms with Crippen LogP contribution in [0.3, 0.4) is 0 Å². The molecule has 3 rings (SSSR count). The summed E-state index contributed by atoms with van der Waals surface area (Å²) in [6.45, 7) is 0.398. The van der Waals surface area contributed by atoms with Crippen molar-refractivity contribution in [2.75, 3.05) is 0 Å². The minimum absolute atomic E-state index is 0.0832. The van der Waals surface area contributed by atoms with Crippen molar-refractivity contribution in [2.24, 2.45) is 0 Å². The summed E-state index contributed by atoms with van der Waals surface area (Å²) in [4.78, 5) is 15.3. The maximum absolute atomic E-state index is 11.4. The van der Waals surface area contributed by atoms with Gasteiger partial charge in [0.15, 0.2) is 5.69 Å². The molecule has 0 amide bonds. The Balaban J connectivity index is 2.05. The summed E-state index contributed by atoms with van der Waals surface area (Å²) in [7, 11) is 0. The SMILES string of the molecule is O=C(O)c1nnn(Cc2ccc(Cl)cc2)c1-c1ccncc1. The van der Waals surface area contributed by atoms with E-state index < -0.39 is 5.97 Å². The molecule has 6 nitrogen and oxygen atoms in total. The monoisotopic (exact) mass is 314 g/mol. The van der Waals surface area contributed by atoms with Crippen molar-refractivity contribution in [3.63, 3.8) is 0 Å². The lowest BCUT2D eigenvalue weighted by molar-refractivity contribution is 0.0691. The largest absolute Gasteiger partial charge is 0.476 e. The van der Waals surface area contributed by atoms with Crippen LogP contribution in [0.4, 0.5) is 0 Å². The van der Waals surface area contributed by atoms with E-state index in [1.807, 2.05) is 12.1 Å². The number of hydrogen-bond donors (Lipinski definition) is 1. The van der Waals surface area contributed by atoms with E-state index in [0.29, 0.717) is 22.8 Å². The van der Waals surface area contributed by atoms with Crippen molar-refractivity contribution in [1.29, 1.82) is 0 Å². The number of aromatic nitrogens is 4. The van der Waals surface area contributed by atoms with Gasteiger partial charge >= 0.3 is 5.97 Å². The number of carbonyl (C=O) groups is 1. The highest BCUT2D eigenvalue weighted by Gasteiger charge is 2.20. The van der Waals surface area contributed by atoms with Gasteiger partial charge in [-0.3, -0.25) is 4.98 Å². The van der Waals surface area contributed by atoms with Crippen LogP contribution in [0.15, 0.2) is 48.8 Å². The Kier molecular flexibility index (Phi) is 3.84. The normalized spacial score (nSPS) is 10.6. The molecule has 3 aromatic rings. The number of rotatable bonds is 4. The van der Waals surface area contributed by atoms with E-state index >= 15 is 0 Å². The predicted octanol–water partition coefficient (Wildman–Crippen LogP) is 2.74. The quantitative estimate of drug-likeness (QED) is 0.800. The summed E-state index contributed by atoms with van der Waals surface area (Å²) in [6, 6.07) is 10.7. The molecule has 0 saturated carbocycles. The molecule has 0 spiro atoms. The summed E-state index contributed by atoms with van der Waals surface area (Å²) in [6.07, 6.45) is 3.20. The molecule has 0 aliphatic carbocycles. The van der Waals surface area contributed by atoms with E-state index in [1.165, 1.54) is 0 Å². The van der Waals surface area contributed by atoms with E-state index in [9.17, 15) is 9.90 Å². The Labute approximate surface area is 131 Å². The topological polar surface area (TPSA) is 80.9 Å². The number of carboxylic acid groups (broad SMARTS) is 1. The zero-order valence-corrected chi connectivity index (χ0v) is 12.1. The fourth-order valence-electron chi connectivity index (χ4n) is 2.13. The number of aromatic carboxylic acids is 1. The number of pyridine rings is 1. The van der Waals surface area contributed by atoms with Gasteiger partial charge in [0.25, 0.3) is 0 Å². The maximum atomic E-state index is 11.4. The molecule has 0 saturated heterocycles. The smallest absolute Gasteiger partial charge is 0.358 e. The minimum atomic E-state index is -1.12. The van der Waals surface area contributed by atoms with E-state index in [0.717, 1.165) is 5.56 Å². The first-order valence-corrected chi connectivity index (χ1v) is 6.84. The van der Waals surface area contributed by atoms with Gasteiger partial charge in [0.1, 0.15) is 5.69 Å². The van der Waals surface area contributed by atoms with Crippen LogP contribution in [0, 0.1) is 0 Å². The molecule has 0 fully saturated rings. The molecule has 0 radical (unpaired) electrons. The van der Waals surface area contributed by atoms with Gasteiger partial charge in [0.05, 0.1) is 6.54 Å². The summed E-state index contributed by atoms with van der Waals surface area (Å²) >= 11 is 5.87. The third-order valence-corrected chi connectivity index (χ3v) is 3.39. The van der Waals surface area contributed by atoms with Crippen molar-refractivity contribution in [1.82, 2.24) is 20.0 Å². The lowest BCUT2D eigenvalue weighted by atomic mass is 10.1. The minimum Gasteiger partial charge on any atom is -0.476 e. The average Bonchev–Trinajstić information content (AvgIpc) is 2.94. The molecule has 1 N–H and O–H groups in total. The molecular formula is C15H11ClN4O2. The summed E-state index contributed by atoms with van der Waals surface area (Å²) in [5.74, 6) is -1.12. The van der Waals surface area contributed by atoms with Crippen molar-refractivity contribution >= 4 is 17.6 Å². The Morgan fingerprint density at radius 1 is 1.14 bits per heavy atom. The van der Waals surface area contributed by atoms with E-state index in [2.05, 4.69) is 15.3 Å². The van der Waals surface area contributed by atoms with Crippen molar-refractivity contribution < 1.29 is 9.90 Å². The van der Waals surface area contributed by atoms with Gasteiger partial charge in [-0.2, -0.15) is 0 Å². The van der Waals surface area contributed by atoms with Crippen LogP contribution in [0.5, 0.6) is 0 Å². The predicted molar refractivity (Wildman–Crippen MR) is 80.8 cm³/mol. The molecule has 2 aromatic heterocycles. The van der Waals surface area contributed by atoms with Gasteiger partial charge < -0.3 is 5.11 Å². The van der Waals surface area contributed by atoms with Crippen LogP contribution in [-0.2, 0) is 6.54 Å². The van der Waals surface area contributed by atoms with Crippen LogP contribution in [-0.4, -0.2) is 31.1 Å². The molecular weight excluding hydrogens is 304 g/mol. The van der Waals surface area contributed by atoms with Crippen LogP contribution < -0.4 is 0 Å². The summed E-state index contributed by atoms with van der Waals surface area (Å²) in [5, 5.41) is 17.7. The number of nitrogens with zero attached hydrogens (tertiary/aromatic N) is 4. The number of carboxylic acids is 1. The molecule has 7 heteroatoms. The molecule has 1 aromatic carbocycles. The zero-order chi connectivity index (χ0) is 15.5. The lowest BCUT2D eigenvalue weighted by Crippen LogP contribution is -2.06. The molecule has 0 atom stereocenters. The highest BCUT2D eigenvalue weighted by atomic mass is 35.5. The first kappa shape index (κ1) is 14.2. The third-order valence-electron chi connectivity index (χ3n) is 3.14. The third kappa shape index (κ3) is 2.82. The van der Waals surface area contributed by atoms with Gasteiger partial charge in [-0.25, -0.2) is 9.48 Å². The molecule has 0 bridgehead atoms.